The first kappa shape index (κ1) is 23.6. The molecule has 2 heterocycles. The molecular weight excluding hydrogens is 442 g/mol. The predicted octanol–water partition coefficient (Wildman–Crippen LogP) is 0.303. The van der Waals surface area contributed by atoms with Crippen molar-refractivity contribution >= 4 is 15.2 Å². The van der Waals surface area contributed by atoms with Crippen molar-refractivity contribution in [2.75, 3.05) is 7.11 Å². The lowest BCUT2D eigenvalue weighted by molar-refractivity contribution is -0.0571. The molecule has 12 nitrogen and oxygen atoms in total. The maximum atomic E-state index is 12.6. The van der Waals surface area contributed by atoms with Crippen molar-refractivity contribution in [1.82, 2.24) is 9.55 Å². The summed E-state index contributed by atoms with van der Waals surface area (Å²) in [7, 11) is -7.22. The summed E-state index contributed by atoms with van der Waals surface area (Å²) in [5, 5.41) is 0. The highest BCUT2D eigenvalue weighted by Crippen LogP contribution is 2.63. The van der Waals surface area contributed by atoms with Crippen LogP contribution >= 0.6 is 15.2 Å². The highest BCUT2D eigenvalue weighted by Gasteiger charge is 2.62. The minimum Gasteiger partial charge on any atom is -0.374 e. The third-order valence-electron chi connectivity index (χ3n) is 5.50. The van der Waals surface area contributed by atoms with E-state index in [1.807, 2.05) is 0 Å². The van der Waals surface area contributed by atoms with Gasteiger partial charge in [0.2, 0.25) is 0 Å². The number of methoxy groups -OCH3 is 1. The van der Waals surface area contributed by atoms with Crippen molar-refractivity contribution in [3.8, 4) is 0 Å². The van der Waals surface area contributed by atoms with Crippen LogP contribution in [-0.4, -0.2) is 61.0 Å². The van der Waals surface area contributed by atoms with Gasteiger partial charge in [0.25, 0.3) is 5.56 Å². The van der Waals surface area contributed by atoms with Crippen LogP contribution in [0.2, 0.25) is 0 Å². The predicted molar refractivity (Wildman–Crippen MR) is 105 cm³/mol. The first-order chi connectivity index (χ1) is 13.8. The molecule has 7 atom stereocenters. The second-order valence-corrected chi connectivity index (χ2v) is 12.2. The zero-order valence-electron chi connectivity index (χ0n) is 16.9. The average molecular weight is 468 g/mol. The number of aromatic nitrogens is 2. The maximum absolute atomic E-state index is 12.6. The van der Waals surface area contributed by atoms with Crippen molar-refractivity contribution < 1.29 is 37.8 Å². The fourth-order valence-corrected chi connectivity index (χ4v) is 5.63. The van der Waals surface area contributed by atoms with Crippen LogP contribution in [0.4, 0.5) is 0 Å². The number of nitrogens with one attached hydrogen (secondary N) is 1. The normalized spacial score (nSPS) is 33.6. The molecule has 0 aromatic carbocycles. The highest BCUT2D eigenvalue weighted by molar-refractivity contribution is 7.53. The number of aryl methyl sites for hydroxylation is 1. The average Bonchev–Trinajstić information content (AvgIpc) is 3.35. The largest absolute Gasteiger partial charge is 0.374 e. The second-order valence-electron chi connectivity index (χ2n) is 7.95. The molecule has 1 saturated carbocycles. The van der Waals surface area contributed by atoms with Crippen molar-refractivity contribution in [1.29, 1.82) is 0 Å². The molecule has 0 spiro atoms. The van der Waals surface area contributed by atoms with Crippen LogP contribution in [0.25, 0.3) is 0 Å². The topological polar surface area (TPSA) is 177 Å². The van der Waals surface area contributed by atoms with E-state index in [9.17, 15) is 33.4 Å². The Labute approximate surface area is 171 Å². The van der Waals surface area contributed by atoms with Gasteiger partial charge in [0.1, 0.15) is 12.2 Å². The number of aromatic amines is 1. The number of hydrogen-bond acceptors (Lipinski definition) is 7. The molecule has 4 N–H and O–H groups in total. The van der Waals surface area contributed by atoms with Crippen LogP contribution in [0.15, 0.2) is 15.8 Å². The number of nitrogens with zero attached hydrogens (tertiary/aromatic N) is 1. The Morgan fingerprint density at radius 3 is 2.37 bits per heavy atom. The van der Waals surface area contributed by atoms with Crippen molar-refractivity contribution in [3.63, 3.8) is 0 Å². The molecule has 1 aromatic heterocycles. The second kappa shape index (κ2) is 8.11. The smallest absolute Gasteiger partial charge is 0.331 e. The fraction of sp³-hybridized carbons (Fsp3) is 0.750. The van der Waals surface area contributed by atoms with E-state index < -0.39 is 68.2 Å². The van der Waals surface area contributed by atoms with Gasteiger partial charge in [0, 0.05) is 24.8 Å². The zero-order chi connectivity index (χ0) is 22.6. The van der Waals surface area contributed by atoms with Gasteiger partial charge >= 0.3 is 20.9 Å². The molecule has 3 rings (SSSR count). The van der Waals surface area contributed by atoms with Crippen LogP contribution < -0.4 is 11.2 Å². The van der Waals surface area contributed by atoms with Crippen LogP contribution in [0.3, 0.4) is 0 Å². The maximum Gasteiger partial charge on any atom is 0.331 e. The van der Waals surface area contributed by atoms with Gasteiger partial charge in [-0.25, -0.2) is 4.79 Å². The van der Waals surface area contributed by atoms with Crippen molar-refractivity contribution in [3.05, 3.63) is 32.6 Å². The highest BCUT2D eigenvalue weighted by atomic mass is 31.2. The summed E-state index contributed by atoms with van der Waals surface area (Å²) in [6.07, 6.45) is -2.95. The Morgan fingerprint density at radius 1 is 1.23 bits per heavy atom. The van der Waals surface area contributed by atoms with Gasteiger partial charge in [0.15, 0.2) is 6.23 Å². The van der Waals surface area contributed by atoms with E-state index in [0.717, 1.165) is 4.57 Å². The van der Waals surface area contributed by atoms with Crippen LogP contribution in [0.1, 0.15) is 32.1 Å². The molecule has 0 amide bonds. The van der Waals surface area contributed by atoms with E-state index in [2.05, 4.69) is 4.98 Å². The van der Waals surface area contributed by atoms with Gasteiger partial charge in [0.05, 0.1) is 17.4 Å². The summed E-state index contributed by atoms with van der Waals surface area (Å²) in [5.74, 6) is -0.648. The molecule has 7 unspecified atom stereocenters. The summed E-state index contributed by atoms with van der Waals surface area (Å²) < 4.78 is 42.2. The Morgan fingerprint density at radius 2 is 1.87 bits per heavy atom. The molecule has 0 radical (unpaired) electrons. The fourth-order valence-electron chi connectivity index (χ4n) is 3.62. The van der Waals surface area contributed by atoms with E-state index >= 15 is 0 Å². The van der Waals surface area contributed by atoms with Gasteiger partial charge in [-0.3, -0.25) is 28.0 Å². The Kier molecular flexibility index (Phi) is 6.37. The Balaban J connectivity index is 2.02. The lowest BCUT2D eigenvalue weighted by Gasteiger charge is -2.27. The molecule has 14 heteroatoms. The molecule has 1 saturated heterocycles. The van der Waals surface area contributed by atoms with Gasteiger partial charge in [-0.1, -0.05) is 13.8 Å². The number of rotatable bonds is 7. The van der Waals surface area contributed by atoms with Gasteiger partial charge < -0.3 is 24.2 Å². The molecule has 2 aliphatic rings. The van der Waals surface area contributed by atoms with Gasteiger partial charge in [-0.05, 0) is 13.3 Å². The number of H-pyrrole nitrogens is 1. The first-order valence-corrected chi connectivity index (χ1v) is 12.7. The summed E-state index contributed by atoms with van der Waals surface area (Å²) in [4.78, 5) is 55.5. The SMILES string of the molecule is COC1C(OP(=O)(O)C(C)C)C(C2CC2P(=O)(O)O)OC1n1cc(C)c(=O)[nH]c1=O. The van der Waals surface area contributed by atoms with E-state index in [1.54, 1.807) is 0 Å². The summed E-state index contributed by atoms with van der Waals surface area (Å²) in [6, 6.07) is 0. The molecule has 2 fully saturated rings. The van der Waals surface area contributed by atoms with E-state index in [1.165, 1.54) is 34.1 Å². The Hall–Kier alpha value is -1.10. The minimum absolute atomic E-state index is 0.134. The summed E-state index contributed by atoms with van der Waals surface area (Å²) in [5.41, 5.74) is -2.85. The van der Waals surface area contributed by atoms with Crippen LogP contribution in [-0.2, 0) is 23.1 Å². The van der Waals surface area contributed by atoms with Gasteiger partial charge in [-0.15, -0.1) is 0 Å². The van der Waals surface area contributed by atoms with E-state index in [4.69, 9.17) is 14.0 Å². The number of hydrogen-bond donors (Lipinski definition) is 4. The van der Waals surface area contributed by atoms with E-state index in [-0.39, 0.29) is 12.0 Å². The molecule has 30 heavy (non-hydrogen) atoms. The molecular formula is C16H26N2O10P2. The molecule has 0 bridgehead atoms. The third-order valence-corrected chi connectivity index (χ3v) is 8.81. The van der Waals surface area contributed by atoms with Gasteiger partial charge in [-0.2, -0.15) is 0 Å². The van der Waals surface area contributed by atoms with Crippen molar-refractivity contribution in [2.45, 2.75) is 63.0 Å². The molecule has 1 aliphatic heterocycles. The molecule has 1 aliphatic carbocycles. The molecule has 1 aromatic rings. The van der Waals surface area contributed by atoms with Crippen LogP contribution in [0.5, 0.6) is 0 Å². The third kappa shape index (κ3) is 4.42. The van der Waals surface area contributed by atoms with Crippen LogP contribution in [0, 0.1) is 12.8 Å². The molecule has 170 valence electrons. The number of ether oxygens (including phenoxy) is 2. The zero-order valence-corrected chi connectivity index (χ0v) is 18.7. The summed E-state index contributed by atoms with van der Waals surface area (Å²) in [6.45, 7) is 4.48. The minimum atomic E-state index is -4.40. The Bertz CT molecular complexity index is 1010. The standard InChI is InChI=1S/C16H26N2O10P2/c1-7(2)30(24,25)28-12-11(9-5-10(9)29(21,22)23)27-15(13(12)26-4)18-6-8(3)14(19)17-16(18)20/h6-7,9-13,15H,5H2,1-4H3,(H,24,25)(H,17,19,20)(H2,21,22,23). The monoisotopic (exact) mass is 468 g/mol. The first-order valence-electron chi connectivity index (χ1n) is 9.34. The lowest BCUT2D eigenvalue weighted by atomic mass is 10.1. The van der Waals surface area contributed by atoms with Crippen molar-refractivity contribution in [2.24, 2.45) is 5.92 Å². The van der Waals surface area contributed by atoms with E-state index in [0.29, 0.717) is 0 Å². The lowest BCUT2D eigenvalue weighted by Crippen LogP contribution is -2.40. The summed E-state index contributed by atoms with van der Waals surface area (Å²) >= 11 is 0. The quantitative estimate of drug-likeness (QED) is 0.407.